The normalized spacial score (nSPS) is 12.2. The predicted octanol–water partition coefficient (Wildman–Crippen LogP) is 1.91. The molecule has 112 valence electrons. The summed E-state index contributed by atoms with van der Waals surface area (Å²) in [5.74, 6) is 0.971. The Kier molecular flexibility index (Phi) is 4.69. The molecule has 0 bridgehead atoms. The quantitative estimate of drug-likeness (QED) is 0.867. The Labute approximate surface area is 126 Å². The number of ether oxygens (including phenoxy) is 1. The number of carbonyl (C=O) groups is 1. The molecule has 2 heterocycles. The van der Waals surface area contributed by atoms with Gasteiger partial charge in [-0.3, -0.25) is 0 Å². The van der Waals surface area contributed by atoms with Crippen LogP contribution in [0.1, 0.15) is 32.6 Å². The lowest BCUT2D eigenvalue weighted by molar-refractivity contribution is 0.112. The number of alkyl carbamates (subject to hydrolysis) is 1. The minimum atomic E-state index is -0.521. The largest absolute Gasteiger partial charge is 0.447 e. The van der Waals surface area contributed by atoms with Crippen LogP contribution in [0.2, 0.25) is 5.15 Å². The van der Waals surface area contributed by atoms with Gasteiger partial charge in [0.2, 0.25) is 0 Å². The lowest BCUT2D eigenvalue weighted by Gasteiger charge is -2.15. The zero-order valence-electron chi connectivity index (χ0n) is 11.8. The van der Waals surface area contributed by atoms with E-state index < -0.39 is 12.1 Å². The summed E-state index contributed by atoms with van der Waals surface area (Å²) in [4.78, 5) is 23.6. The van der Waals surface area contributed by atoms with E-state index >= 15 is 0 Å². The number of nitrogens with zero attached hydrogens (tertiary/aromatic N) is 5. The molecule has 8 nitrogen and oxygen atoms in total. The minimum absolute atomic E-state index is 0.198. The molecule has 21 heavy (non-hydrogen) atoms. The van der Waals surface area contributed by atoms with Gasteiger partial charge in [0, 0.05) is 6.07 Å². The van der Waals surface area contributed by atoms with Gasteiger partial charge in [-0.15, -0.1) is 0 Å². The van der Waals surface area contributed by atoms with Crippen LogP contribution in [0.3, 0.4) is 0 Å². The fraction of sp³-hybridized carbons (Fsp3) is 0.417. The van der Waals surface area contributed by atoms with E-state index in [4.69, 9.17) is 16.3 Å². The monoisotopic (exact) mass is 310 g/mol. The molecule has 2 aromatic rings. The van der Waals surface area contributed by atoms with Crippen molar-refractivity contribution in [2.75, 3.05) is 0 Å². The Bertz CT molecular complexity index is 630. The topological polar surface area (TPSA) is 94.8 Å². The van der Waals surface area contributed by atoms with E-state index in [2.05, 4.69) is 25.4 Å². The van der Waals surface area contributed by atoms with Crippen molar-refractivity contribution in [1.82, 2.24) is 30.0 Å². The van der Waals surface area contributed by atoms with Gasteiger partial charge in [0.15, 0.2) is 11.6 Å². The number of rotatable bonds is 4. The number of nitrogens with one attached hydrogen (secondary N) is 1. The van der Waals surface area contributed by atoms with Gasteiger partial charge < -0.3 is 10.1 Å². The molecule has 1 amide bonds. The summed E-state index contributed by atoms with van der Waals surface area (Å²) in [6, 6.07) is 1.14. The van der Waals surface area contributed by atoms with Crippen LogP contribution in [0.4, 0.5) is 4.79 Å². The molecule has 1 N–H and O–H groups in total. The fourth-order valence-corrected chi connectivity index (χ4v) is 1.79. The second kappa shape index (κ2) is 6.49. The summed E-state index contributed by atoms with van der Waals surface area (Å²) in [6.45, 7) is 5.32. The summed E-state index contributed by atoms with van der Waals surface area (Å²) in [5, 5.41) is 7.05. The molecule has 0 saturated heterocycles. The Balaban J connectivity index is 2.18. The maximum Gasteiger partial charge on any atom is 0.407 e. The van der Waals surface area contributed by atoms with Crippen molar-refractivity contribution in [2.24, 2.45) is 0 Å². The Morgan fingerprint density at radius 1 is 1.29 bits per heavy atom. The Morgan fingerprint density at radius 3 is 2.71 bits per heavy atom. The first kappa shape index (κ1) is 15.2. The maximum atomic E-state index is 11.6. The number of hydrogen-bond acceptors (Lipinski definition) is 6. The molecule has 0 spiro atoms. The van der Waals surface area contributed by atoms with E-state index in [0.717, 1.165) is 0 Å². The summed E-state index contributed by atoms with van der Waals surface area (Å²) in [5.41, 5.74) is 0. The molecule has 1 unspecified atom stereocenters. The smallest absolute Gasteiger partial charge is 0.407 e. The highest BCUT2D eigenvalue weighted by Gasteiger charge is 2.18. The van der Waals surface area contributed by atoms with Crippen molar-refractivity contribution in [3.05, 3.63) is 29.7 Å². The van der Waals surface area contributed by atoms with Crippen LogP contribution in [0.15, 0.2) is 18.7 Å². The van der Waals surface area contributed by atoms with E-state index in [1.165, 1.54) is 17.3 Å². The summed E-state index contributed by atoms with van der Waals surface area (Å²) in [7, 11) is 0. The Morgan fingerprint density at radius 2 is 2.05 bits per heavy atom. The van der Waals surface area contributed by atoms with Gasteiger partial charge in [-0.05, 0) is 20.8 Å². The summed E-state index contributed by atoms with van der Waals surface area (Å²) < 4.78 is 6.51. The molecule has 0 aliphatic rings. The zero-order chi connectivity index (χ0) is 15.4. The van der Waals surface area contributed by atoms with E-state index in [1.807, 2.05) is 0 Å². The van der Waals surface area contributed by atoms with Gasteiger partial charge in [0.1, 0.15) is 17.8 Å². The number of hydrogen-bond donors (Lipinski definition) is 1. The highest BCUT2D eigenvalue weighted by Crippen LogP contribution is 2.15. The molecular weight excluding hydrogens is 296 g/mol. The van der Waals surface area contributed by atoms with Crippen molar-refractivity contribution in [1.29, 1.82) is 0 Å². The van der Waals surface area contributed by atoms with Gasteiger partial charge in [-0.25, -0.2) is 19.7 Å². The molecule has 0 fully saturated rings. The third kappa shape index (κ3) is 3.88. The van der Waals surface area contributed by atoms with Crippen LogP contribution in [0.25, 0.3) is 5.82 Å². The standard InChI is InChI=1S/C12H15ClN6O2/c1-7(2)21-12(20)18-8(3)11-16-6-17-19(11)10-4-9(13)14-5-15-10/h4-8H,1-3H3,(H,18,20). The van der Waals surface area contributed by atoms with Gasteiger partial charge >= 0.3 is 6.09 Å². The minimum Gasteiger partial charge on any atom is -0.447 e. The van der Waals surface area contributed by atoms with Crippen LogP contribution in [0.5, 0.6) is 0 Å². The van der Waals surface area contributed by atoms with Crippen LogP contribution < -0.4 is 5.32 Å². The van der Waals surface area contributed by atoms with Crippen molar-refractivity contribution in [3.8, 4) is 5.82 Å². The molecule has 0 radical (unpaired) electrons. The van der Waals surface area contributed by atoms with E-state index in [0.29, 0.717) is 16.8 Å². The average Bonchev–Trinajstić information content (AvgIpc) is 2.86. The zero-order valence-corrected chi connectivity index (χ0v) is 12.6. The van der Waals surface area contributed by atoms with E-state index in [-0.39, 0.29) is 6.10 Å². The molecule has 2 rings (SSSR count). The van der Waals surface area contributed by atoms with Gasteiger partial charge in [-0.1, -0.05) is 11.6 Å². The van der Waals surface area contributed by atoms with Gasteiger partial charge in [0.05, 0.1) is 12.1 Å². The van der Waals surface area contributed by atoms with Crippen LogP contribution >= 0.6 is 11.6 Å². The second-order valence-electron chi connectivity index (χ2n) is 4.55. The van der Waals surface area contributed by atoms with Crippen molar-refractivity contribution in [2.45, 2.75) is 32.9 Å². The summed E-state index contributed by atoms with van der Waals surface area (Å²) in [6.07, 6.45) is 1.98. The lowest BCUT2D eigenvalue weighted by atomic mass is 10.3. The first-order valence-electron chi connectivity index (χ1n) is 6.32. The molecule has 9 heteroatoms. The molecular formula is C12H15ClN6O2. The molecule has 0 aliphatic carbocycles. The van der Waals surface area contributed by atoms with E-state index in [1.54, 1.807) is 26.8 Å². The van der Waals surface area contributed by atoms with E-state index in [9.17, 15) is 4.79 Å². The molecule has 0 aliphatic heterocycles. The maximum absolute atomic E-state index is 11.6. The number of halogens is 1. The van der Waals surface area contributed by atoms with Crippen LogP contribution in [-0.2, 0) is 4.74 Å². The lowest BCUT2D eigenvalue weighted by Crippen LogP contribution is -2.31. The third-order valence-electron chi connectivity index (χ3n) is 2.47. The molecule has 1 atom stereocenters. The van der Waals surface area contributed by atoms with Crippen molar-refractivity contribution < 1.29 is 9.53 Å². The average molecular weight is 311 g/mol. The number of carbonyl (C=O) groups excluding carboxylic acids is 1. The fourth-order valence-electron chi connectivity index (χ4n) is 1.65. The summed E-state index contributed by atoms with van der Waals surface area (Å²) >= 11 is 5.83. The first-order chi connectivity index (χ1) is 9.97. The van der Waals surface area contributed by atoms with Crippen LogP contribution in [-0.4, -0.2) is 36.9 Å². The van der Waals surface area contributed by atoms with Gasteiger partial charge in [0.25, 0.3) is 0 Å². The van der Waals surface area contributed by atoms with Crippen molar-refractivity contribution >= 4 is 17.7 Å². The van der Waals surface area contributed by atoms with Crippen molar-refractivity contribution in [3.63, 3.8) is 0 Å². The van der Waals surface area contributed by atoms with Gasteiger partial charge in [-0.2, -0.15) is 9.78 Å². The predicted molar refractivity (Wildman–Crippen MR) is 75.1 cm³/mol. The molecule has 0 saturated carbocycles. The Hall–Kier alpha value is -2.22. The highest BCUT2D eigenvalue weighted by atomic mass is 35.5. The molecule has 0 aromatic carbocycles. The number of aromatic nitrogens is 5. The third-order valence-corrected chi connectivity index (χ3v) is 2.68. The SMILES string of the molecule is CC(C)OC(=O)NC(C)c1ncnn1-c1cc(Cl)ncn1. The number of amides is 1. The highest BCUT2D eigenvalue weighted by molar-refractivity contribution is 6.29. The second-order valence-corrected chi connectivity index (χ2v) is 4.94. The molecule has 2 aromatic heterocycles. The first-order valence-corrected chi connectivity index (χ1v) is 6.70. The van der Waals surface area contributed by atoms with Crippen LogP contribution in [0, 0.1) is 0 Å².